The fraction of sp³-hybridized carbons (Fsp3) is 0.447. The van der Waals surface area contributed by atoms with Crippen molar-refractivity contribution in [3.63, 3.8) is 0 Å². The van der Waals surface area contributed by atoms with Crippen LogP contribution in [0.25, 0.3) is 11.3 Å². The third-order valence-electron chi connectivity index (χ3n) is 11.1. The molecular formula is C47H61N7O6. The highest BCUT2D eigenvalue weighted by molar-refractivity contribution is 5.89. The first-order chi connectivity index (χ1) is 28.7. The van der Waals surface area contributed by atoms with Gasteiger partial charge < -0.3 is 35.6 Å². The van der Waals surface area contributed by atoms with Crippen LogP contribution < -0.4 is 16.0 Å². The number of carbonyl (C=O) groups excluding carboxylic acids is 4. The van der Waals surface area contributed by atoms with Crippen molar-refractivity contribution in [2.24, 2.45) is 11.3 Å². The number of alkyl carbamates (subject to hydrolysis) is 1. The van der Waals surface area contributed by atoms with Gasteiger partial charge in [-0.15, -0.1) is 0 Å². The highest BCUT2D eigenvalue weighted by atomic mass is 16.5. The number of nitrogens with one attached hydrogen (secondary N) is 3. The lowest BCUT2D eigenvalue weighted by atomic mass is 9.85. The van der Waals surface area contributed by atoms with Gasteiger partial charge in [0.2, 0.25) is 11.8 Å². The Bertz CT molecular complexity index is 2030. The second kappa shape index (κ2) is 20.9. The standard InChI is InChI=1S/C47H61N7O6/c1-8-31(2)41(54-26-25-53(46(54)59)30-36-18-14-15-32(3)49-36)43(56)50-37(27-33-16-10-9-11-17-33)29-40(55)39(51-44(57)42(47(4,5)6)52-45(58)60-7)28-34-20-22-35(23-21-34)38-19-12-13-24-48-38/h9-24,31,37,39-42,55H,8,25-30H2,1-7H3,(H,50,56)(H,51,57)(H,52,58)/t31?,37-,39-,40-,41-,42+/m0/s1. The first-order valence-corrected chi connectivity index (χ1v) is 20.8. The molecule has 1 fully saturated rings. The van der Waals surface area contributed by atoms with Gasteiger partial charge in [0.1, 0.15) is 12.1 Å². The van der Waals surface area contributed by atoms with Gasteiger partial charge in [-0.05, 0) is 72.9 Å². The number of carbonyl (C=O) groups is 4. The molecule has 320 valence electrons. The molecule has 13 heteroatoms. The van der Waals surface area contributed by atoms with Gasteiger partial charge in [-0.2, -0.15) is 0 Å². The predicted octanol–water partition coefficient (Wildman–Crippen LogP) is 6.08. The molecule has 5 amide bonds. The van der Waals surface area contributed by atoms with Crippen LogP contribution in [0.2, 0.25) is 0 Å². The summed E-state index contributed by atoms with van der Waals surface area (Å²) < 4.78 is 4.84. The molecule has 1 aliphatic rings. The van der Waals surface area contributed by atoms with E-state index in [0.717, 1.165) is 33.8 Å². The smallest absolute Gasteiger partial charge is 0.407 e. The largest absolute Gasteiger partial charge is 0.453 e. The number of aliphatic hydroxyl groups excluding tert-OH is 1. The Balaban J connectivity index is 1.41. The highest BCUT2D eigenvalue weighted by Gasteiger charge is 2.41. The van der Waals surface area contributed by atoms with Crippen LogP contribution in [0, 0.1) is 18.3 Å². The van der Waals surface area contributed by atoms with Crippen molar-refractivity contribution in [2.45, 2.75) is 104 Å². The van der Waals surface area contributed by atoms with Crippen molar-refractivity contribution >= 4 is 23.9 Å². The maximum atomic E-state index is 14.5. The van der Waals surface area contributed by atoms with Gasteiger partial charge >= 0.3 is 12.1 Å². The average Bonchev–Trinajstić information content (AvgIpc) is 3.57. The Hall–Kier alpha value is -5.82. The van der Waals surface area contributed by atoms with E-state index in [-0.39, 0.29) is 30.7 Å². The number of pyridine rings is 2. The highest BCUT2D eigenvalue weighted by Crippen LogP contribution is 2.25. The number of hydrogen-bond donors (Lipinski definition) is 4. The molecule has 1 saturated heterocycles. The molecule has 5 rings (SSSR count). The number of methoxy groups -OCH3 is 1. The Morgan fingerprint density at radius 3 is 2.18 bits per heavy atom. The van der Waals surface area contributed by atoms with E-state index in [1.807, 2.05) is 133 Å². The molecule has 60 heavy (non-hydrogen) atoms. The number of ether oxygens (including phenoxy) is 1. The number of rotatable bonds is 18. The van der Waals surface area contributed by atoms with Gasteiger partial charge in [0, 0.05) is 36.6 Å². The molecule has 0 aliphatic carbocycles. The Morgan fingerprint density at radius 1 is 0.850 bits per heavy atom. The summed E-state index contributed by atoms with van der Waals surface area (Å²) in [5.41, 5.74) is 4.49. The number of benzene rings is 2. The summed E-state index contributed by atoms with van der Waals surface area (Å²) in [4.78, 5) is 67.3. The molecule has 2 aromatic carbocycles. The van der Waals surface area contributed by atoms with Gasteiger partial charge in [0.25, 0.3) is 0 Å². The quantitative estimate of drug-likeness (QED) is 0.0938. The molecule has 13 nitrogen and oxygen atoms in total. The molecule has 1 unspecified atom stereocenters. The zero-order chi connectivity index (χ0) is 43.4. The number of urea groups is 1. The third-order valence-corrected chi connectivity index (χ3v) is 11.1. The Labute approximate surface area is 354 Å². The van der Waals surface area contributed by atoms with Gasteiger partial charge in [-0.1, -0.05) is 108 Å². The van der Waals surface area contributed by atoms with Crippen LogP contribution in [-0.2, 0) is 33.7 Å². The van der Waals surface area contributed by atoms with Gasteiger partial charge in [0.05, 0.1) is 37.2 Å². The summed E-state index contributed by atoms with van der Waals surface area (Å²) in [6.45, 7) is 12.6. The zero-order valence-corrected chi connectivity index (χ0v) is 35.9. The molecule has 6 atom stereocenters. The molecule has 1 aliphatic heterocycles. The van der Waals surface area contributed by atoms with Crippen LogP contribution >= 0.6 is 0 Å². The molecule has 4 aromatic rings. The van der Waals surface area contributed by atoms with Crippen LogP contribution in [-0.4, -0.2) is 99.3 Å². The first-order valence-electron chi connectivity index (χ1n) is 20.8. The van der Waals surface area contributed by atoms with E-state index in [9.17, 15) is 24.3 Å². The molecule has 2 aromatic heterocycles. The van der Waals surface area contributed by atoms with Gasteiger partial charge in [-0.25, -0.2) is 9.59 Å². The molecular weight excluding hydrogens is 759 g/mol. The summed E-state index contributed by atoms with van der Waals surface area (Å²) in [5.74, 6) is -0.950. The van der Waals surface area contributed by atoms with Crippen molar-refractivity contribution in [2.75, 3.05) is 20.2 Å². The van der Waals surface area contributed by atoms with Crippen LogP contribution in [0.3, 0.4) is 0 Å². The molecule has 4 N–H and O–H groups in total. The van der Waals surface area contributed by atoms with E-state index in [2.05, 4.69) is 25.9 Å². The summed E-state index contributed by atoms with van der Waals surface area (Å²) >= 11 is 0. The Morgan fingerprint density at radius 2 is 1.55 bits per heavy atom. The van der Waals surface area contributed by atoms with Gasteiger partial charge in [0.15, 0.2) is 0 Å². The lowest BCUT2D eigenvalue weighted by molar-refractivity contribution is -0.129. The minimum atomic E-state index is -1.15. The van der Waals surface area contributed by atoms with Crippen molar-refractivity contribution in [3.05, 3.63) is 120 Å². The maximum absolute atomic E-state index is 14.5. The molecule has 0 saturated carbocycles. The summed E-state index contributed by atoms with van der Waals surface area (Å²) in [7, 11) is 1.24. The third kappa shape index (κ3) is 12.4. The maximum Gasteiger partial charge on any atom is 0.407 e. The minimum Gasteiger partial charge on any atom is -0.453 e. The van der Waals surface area contributed by atoms with Crippen LogP contribution in [0.1, 0.15) is 70.0 Å². The van der Waals surface area contributed by atoms with Crippen molar-refractivity contribution in [1.29, 1.82) is 0 Å². The number of aryl methyl sites for hydroxylation is 1. The number of amides is 5. The summed E-state index contributed by atoms with van der Waals surface area (Å²) in [6.07, 6.45) is 1.22. The summed E-state index contributed by atoms with van der Waals surface area (Å²) in [5, 5.41) is 21.2. The fourth-order valence-electron chi connectivity index (χ4n) is 7.65. The number of aromatic nitrogens is 2. The summed E-state index contributed by atoms with van der Waals surface area (Å²) in [6, 6.07) is 25.5. The van der Waals surface area contributed by atoms with Crippen LogP contribution in [0.5, 0.6) is 0 Å². The lowest BCUT2D eigenvalue weighted by Crippen LogP contribution is -2.58. The van der Waals surface area contributed by atoms with Crippen molar-refractivity contribution in [1.82, 2.24) is 35.7 Å². The Kier molecular flexibility index (Phi) is 15.8. The van der Waals surface area contributed by atoms with Gasteiger partial charge in [-0.3, -0.25) is 19.6 Å². The van der Waals surface area contributed by atoms with E-state index < -0.39 is 47.7 Å². The number of aliphatic hydroxyl groups is 1. The zero-order valence-electron chi connectivity index (χ0n) is 35.9. The second-order valence-corrected chi connectivity index (χ2v) is 16.9. The minimum absolute atomic E-state index is 0.0779. The topological polar surface area (TPSA) is 166 Å². The molecule has 0 radical (unpaired) electrons. The van der Waals surface area contributed by atoms with E-state index >= 15 is 0 Å². The van der Waals surface area contributed by atoms with Crippen molar-refractivity contribution in [3.8, 4) is 11.3 Å². The lowest BCUT2D eigenvalue weighted by Gasteiger charge is -2.35. The number of hydrogen-bond acceptors (Lipinski definition) is 8. The predicted molar refractivity (Wildman–Crippen MR) is 232 cm³/mol. The second-order valence-electron chi connectivity index (χ2n) is 16.9. The van der Waals surface area contributed by atoms with Crippen LogP contribution in [0.4, 0.5) is 9.59 Å². The van der Waals surface area contributed by atoms with E-state index in [0.29, 0.717) is 32.5 Å². The monoisotopic (exact) mass is 819 g/mol. The SMILES string of the molecule is CCC(C)[C@@H](C(=O)N[C@@H](Cc1ccccc1)C[C@H](O)[C@H](Cc1ccc(-c2ccccn2)cc1)NC(=O)[C@@H](NC(=O)OC)C(C)(C)C)N1CCN(Cc2cccc(C)n2)C1=O. The molecule has 3 heterocycles. The first kappa shape index (κ1) is 45.3. The number of nitrogens with zero attached hydrogens (tertiary/aromatic N) is 4. The normalized spacial score (nSPS) is 16.0. The molecule has 0 bridgehead atoms. The van der Waals surface area contributed by atoms with E-state index in [1.54, 1.807) is 16.0 Å². The fourth-order valence-corrected chi connectivity index (χ4v) is 7.65. The van der Waals surface area contributed by atoms with E-state index in [4.69, 9.17) is 4.74 Å². The average molecular weight is 820 g/mol. The molecule has 0 spiro atoms. The van der Waals surface area contributed by atoms with Crippen LogP contribution in [0.15, 0.2) is 97.2 Å². The van der Waals surface area contributed by atoms with Crippen molar-refractivity contribution < 1.29 is 29.0 Å². The van der Waals surface area contributed by atoms with E-state index in [1.165, 1.54) is 7.11 Å².